The zero-order valence-electron chi connectivity index (χ0n) is 18.2. The Hall–Kier alpha value is -2.71. The number of anilines is 1. The predicted octanol–water partition coefficient (Wildman–Crippen LogP) is 5.07. The Balaban J connectivity index is 0.000000225. The van der Waals surface area contributed by atoms with Gasteiger partial charge in [-0.1, -0.05) is 43.4 Å². The Morgan fingerprint density at radius 3 is 2.81 bits per heavy atom. The number of rotatable bonds is 8. The number of benzene rings is 1. The molecule has 0 saturated carbocycles. The van der Waals surface area contributed by atoms with E-state index in [0.717, 1.165) is 30.7 Å². The van der Waals surface area contributed by atoms with Crippen molar-refractivity contribution in [3.05, 3.63) is 76.8 Å². The Morgan fingerprint density at radius 1 is 1.42 bits per heavy atom. The molecule has 1 aromatic heterocycles. The number of carbonyl (C=O) groups excluding carboxylic acids is 1. The number of allylic oxidation sites excluding steroid dienone is 2. The smallest absolute Gasteiger partial charge is 0.231 e. The average Bonchev–Trinajstić information content (AvgIpc) is 3.44. The molecule has 1 N–H and O–H groups in total. The molecule has 1 aliphatic heterocycles. The minimum Gasteiger partial charge on any atom is -0.496 e. The summed E-state index contributed by atoms with van der Waals surface area (Å²) in [5.74, 6) is 0.909. The van der Waals surface area contributed by atoms with Crippen molar-refractivity contribution in [1.82, 2.24) is 9.88 Å². The summed E-state index contributed by atoms with van der Waals surface area (Å²) in [5, 5.41) is 2.47. The topological polar surface area (TPSA) is 71.5 Å². The second-order valence-electron chi connectivity index (χ2n) is 6.79. The molecule has 0 radical (unpaired) electrons. The van der Waals surface area contributed by atoms with Crippen molar-refractivity contribution in [3.8, 4) is 5.75 Å². The van der Waals surface area contributed by atoms with Gasteiger partial charge in [-0.3, -0.25) is 9.52 Å². The molecule has 0 fully saturated rings. The normalized spacial score (nSPS) is 13.9. The van der Waals surface area contributed by atoms with Crippen molar-refractivity contribution in [3.63, 3.8) is 0 Å². The van der Waals surface area contributed by atoms with E-state index >= 15 is 0 Å². The molecule has 166 valence electrons. The molecular formula is C23H29N3O3S2. The van der Waals surface area contributed by atoms with Crippen molar-refractivity contribution in [2.24, 2.45) is 0 Å². The number of aromatic nitrogens is 1. The van der Waals surface area contributed by atoms with Crippen molar-refractivity contribution >= 4 is 33.4 Å². The number of amides is 1. The number of thiazole rings is 1. The van der Waals surface area contributed by atoms with E-state index in [1.807, 2.05) is 48.8 Å². The van der Waals surface area contributed by atoms with Gasteiger partial charge in [0, 0.05) is 29.9 Å². The monoisotopic (exact) mass is 459 g/mol. The molecule has 2 heterocycles. The maximum atomic E-state index is 12.1. The number of methoxy groups -OCH3 is 1. The van der Waals surface area contributed by atoms with E-state index in [1.165, 1.54) is 16.9 Å². The third kappa shape index (κ3) is 8.15. The van der Waals surface area contributed by atoms with Gasteiger partial charge in [0.2, 0.25) is 5.91 Å². The van der Waals surface area contributed by atoms with Gasteiger partial charge in [-0.25, -0.2) is 9.19 Å². The SMILES string of the molecule is C=C(/C=C\CC)S(=O)Nc1nccs1.COc1ccccc1CC(=O)N1C=C(C)CC1. The van der Waals surface area contributed by atoms with Crippen molar-refractivity contribution in [2.45, 2.75) is 33.1 Å². The molecule has 31 heavy (non-hydrogen) atoms. The van der Waals surface area contributed by atoms with Gasteiger partial charge < -0.3 is 9.64 Å². The first-order valence-corrected chi connectivity index (χ1v) is 12.0. The van der Waals surface area contributed by atoms with E-state index in [9.17, 15) is 9.00 Å². The molecule has 0 spiro atoms. The molecule has 1 unspecified atom stereocenters. The zero-order chi connectivity index (χ0) is 22.6. The maximum absolute atomic E-state index is 12.1. The fraction of sp³-hybridized carbons (Fsp3) is 0.304. The summed E-state index contributed by atoms with van der Waals surface area (Å²) in [4.78, 5) is 18.4. The fourth-order valence-corrected chi connectivity index (χ4v) is 4.09. The second-order valence-corrected chi connectivity index (χ2v) is 8.95. The lowest BCUT2D eigenvalue weighted by atomic mass is 10.1. The summed E-state index contributed by atoms with van der Waals surface area (Å²) in [5.41, 5.74) is 2.20. The largest absolute Gasteiger partial charge is 0.496 e. The van der Waals surface area contributed by atoms with Gasteiger partial charge >= 0.3 is 0 Å². The van der Waals surface area contributed by atoms with Gasteiger partial charge in [-0.15, -0.1) is 11.3 Å². The Labute approximate surface area is 190 Å². The first kappa shape index (κ1) is 24.6. The van der Waals surface area contributed by atoms with Gasteiger partial charge in [0.05, 0.1) is 18.4 Å². The Kier molecular flexibility index (Phi) is 10.2. The van der Waals surface area contributed by atoms with Crippen molar-refractivity contribution in [2.75, 3.05) is 18.4 Å². The van der Waals surface area contributed by atoms with E-state index in [2.05, 4.69) is 23.2 Å². The van der Waals surface area contributed by atoms with Gasteiger partial charge in [-0.05, 0) is 31.9 Å². The number of nitrogens with one attached hydrogen (secondary N) is 1. The zero-order valence-corrected chi connectivity index (χ0v) is 19.8. The highest BCUT2D eigenvalue weighted by atomic mass is 32.2. The summed E-state index contributed by atoms with van der Waals surface area (Å²) < 4.78 is 19.5. The van der Waals surface area contributed by atoms with E-state index in [1.54, 1.807) is 24.3 Å². The molecule has 1 amide bonds. The van der Waals surface area contributed by atoms with Gasteiger partial charge in [0.25, 0.3) is 0 Å². The standard InChI is InChI=1S/C14H17NO2.C9H12N2OS2/c1-11-7-8-15(10-11)14(16)9-12-5-3-4-6-13(12)17-2;1-3-4-5-8(2)14(12)11-9-10-6-7-13-9/h3-6,10H,7-9H2,1-2H3;4-7H,2-3H2,1H3,(H,10,11)/b;5-4-. The number of hydrogen-bond donors (Lipinski definition) is 1. The van der Waals surface area contributed by atoms with E-state index in [4.69, 9.17) is 4.74 Å². The highest BCUT2D eigenvalue weighted by Crippen LogP contribution is 2.20. The fourth-order valence-electron chi connectivity index (χ4n) is 2.73. The lowest BCUT2D eigenvalue weighted by molar-refractivity contribution is -0.127. The molecule has 0 bridgehead atoms. The quantitative estimate of drug-likeness (QED) is 0.559. The summed E-state index contributed by atoms with van der Waals surface area (Å²) >= 11 is 1.41. The highest BCUT2D eigenvalue weighted by molar-refractivity contribution is 7.90. The average molecular weight is 460 g/mol. The summed E-state index contributed by atoms with van der Waals surface area (Å²) in [6.07, 6.45) is 9.58. The highest BCUT2D eigenvalue weighted by Gasteiger charge is 2.18. The number of para-hydroxylation sites is 1. The molecule has 1 aromatic carbocycles. The van der Waals surface area contributed by atoms with Crippen LogP contribution in [0, 0.1) is 0 Å². The van der Waals surface area contributed by atoms with Crippen LogP contribution in [0.4, 0.5) is 5.13 Å². The molecule has 1 atom stereocenters. The van der Waals surface area contributed by atoms with Crippen LogP contribution in [0.5, 0.6) is 5.75 Å². The van der Waals surface area contributed by atoms with Gasteiger partial charge in [0.1, 0.15) is 5.75 Å². The van der Waals surface area contributed by atoms with Crippen LogP contribution >= 0.6 is 11.3 Å². The molecule has 2 aromatic rings. The van der Waals surface area contributed by atoms with Gasteiger partial charge in [-0.2, -0.15) is 0 Å². The predicted molar refractivity (Wildman–Crippen MR) is 129 cm³/mol. The molecule has 1 aliphatic rings. The second kappa shape index (κ2) is 12.9. The van der Waals surface area contributed by atoms with E-state index in [0.29, 0.717) is 16.5 Å². The van der Waals surface area contributed by atoms with Crippen molar-refractivity contribution in [1.29, 1.82) is 0 Å². The first-order valence-electron chi connectivity index (χ1n) is 9.96. The molecule has 0 aliphatic carbocycles. The number of carbonyl (C=O) groups is 1. The summed E-state index contributed by atoms with van der Waals surface area (Å²) in [6.45, 7) is 8.57. The molecular weight excluding hydrogens is 430 g/mol. The van der Waals surface area contributed by atoms with Crippen LogP contribution in [0.25, 0.3) is 0 Å². The molecule has 3 rings (SSSR count). The van der Waals surface area contributed by atoms with E-state index < -0.39 is 11.0 Å². The lowest BCUT2D eigenvalue weighted by Crippen LogP contribution is -2.25. The first-order chi connectivity index (χ1) is 14.9. The Bertz CT molecular complexity index is 953. The number of ether oxygens (including phenoxy) is 1. The third-order valence-electron chi connectivity index (χ3n) is 4.37. The van der Waals surface area contributed by atoms with Crippen LogP contribution < -0.4 is 9.46 Å². The molecule has 8 heteroatoms. The minimum atomic E-state index is -1.28. The minimum absolute atomic E-state index is 0.131. The lowest BCUT2D eigenvalue weighted by Gasteiger charge is -2.14. The Morgan fingerprint density at radius 2 is 2.19 bits per heavy atom. The van der Waals surface area contributed by atoms with Crippen LogP contribution in [0.1, 0.15) is 32.3 Å². The molecule has 6 nitrogen and oxygen atoms in total. The van der Waals surface area contributed by atoms with E-state index in [-0.39, 0.29) is 5.91 Å². The van der Waals surface area contributed by atoms with Crippen LogP contribution in [0.15, 0.2) is 71.3 Å². The van der Waals surface area contributed by atoms with Crippen LogP contribution in [0.3, 0.4) is 0 Å². The maximum Gasteiger partial charge on any atom is 0.231 e. The number of hydrogen-bond acceptors (Lipinski definition) is 5. The number of nitrogens with zero attached hydrogens (tertiary/aromatic N) is 2. The summed E-state index contributed by atoms with van der Waals surface area (Å²) in [7, 11) is 0.349. The molecule has 0 saturated heterocycles. The van der Waals surface area contributed by atoms with Crippen LogP contribution in [-0.4, -0.2) is 33.7 Å². The van der Waals surface area contributed by atoms with Crippen LogP contribution in [0.2, 0.25) is 0 Å². The van der Waals surface area contributed by atoms with Gasteiger partial charge in [0.15, 0.2) is 16.1 Å². The third-order valence-corrected chi connectivity index (χ3v) is 6.18. The summed E-state index contributed by atoms with van der Waals surface area (Å²) in [6, 6.07) is 7.65. The van der Waals surface area contributed by atoms with Crippen LogP contribution in [-0.2, 0) is 22.2 Å². The van der Waals surface area contributed by atoms with Crippen molar-refractivity contribution < 1.29 is 13.7 Å².